The summed E-state index contributed by atoms with van der Waals surface area (Å²) in [6.45, 7) is 1.71. The molecule has 1 saturated heterocycles. The molecule has 0 aliphatic carbocycles. The van der Waals surface area contributed by atoms with Gasteiger partial charge in [0.15, 0.2) is 12.4 Å². The lowest BCUT2D eigenvalue weighted by Crippen LogP contribution is -2.41. The Bertz CT molecular complexity index is 967. The van der Waals surface area contributed by atoms with Crippen molar-refractivity contribution in [3.63, 3.8) is 0 Å². The molecule has 4 rings (SSSR count). The van der Waals surface area contributed by atoms with Gasteiger partial charge in [0.05, 0.1) is 37.3 Å². The normalized spacial score (nSPS) is 15.7. The minimum atomic E-state index is -0.702. The van der Waals surface area contributed by atoms with Crippen molar-refractivity contribution in [3.8, 4) is 0 Å². The first kappa shape index (κ1) is 19.6. The molecule has 1 aliphatic heterocycles. The van der Waals surface area contributed by atoms with Crippen LogP contribution in [-0.4, -0.2) is 53.5 Å². The number of ether oxygens (including phenoxy) is 3. The van der Waals surface area contributed by atoms with E-state index in [9.17, 15) is 4.79 Å². The molecule has 7 heteroatoms. The van der Waals surface area contributed by atoms with Gasteiger partial charge in [-0.15, -0.1) is 0 Å². The summed E-state index contributed by atoms with van der Waals surface area (Å²) in [5, 5.41) is 0. The van der Waals surface area contributed by atoms with Crippen molar-refractivity contribution in [3.05, 3.63) is 66.0 Å². The summed E-state index contributed by atoms with van der Waals surface area (Å²) in [5.41, 5.74) is 2.73. The highest BCUT2D eigenvalue weighted by atomic mass is 16.7. The molecule has 1 aliphatic rings. The molecule has 1 atom stereocenters. The fourth-order valence-corrected chi connectivity index (χ4v) is 3.61. The van der Waals surface area contributed by atoms with Gasteiger partial charge in [0.1, 0.15) is 5.82 Å². The number of fused-ring (bicyclic) bond motifs is 1. The number of amides is 1. The van der Waals surface area contributed by atoms with Gasteiger partial charge in [-0.1, -0.05) is 42.5 Å². The molecule has 2 aromatic carbocycles. The highest BCUT2D eigenvalue weighted by molar-refractivity contribution is 5.82. The van der Waals surface area contributed by atoms with Crippen LogP contribution in [0.4, 0.5) is 0 Å². The molecule has 0 radical (unpaired) electrons. The summed E-state index contributed by atoms with van der Waals surface area (Å²) in [6, 6.07) is 17.4. The molecule has 3 aromatic rings. The molecule has 0 N–H and O–H groups in total. The Morgan fingerprint density at radius 1 is 1.17 bits per heavy atom. The minimum Gasteiger partial charge on any atom is -0.367 e. The first-order valence-corrected chi connectivity index (χ1v) is 9.67. The number of para-hydroxylation sites is 2. The number of methoxy groups -OCH3 is 1. The van der Waals surface area contributed by atoms with E-state index >= 15 is 0 Å². The molecular formula is C22H25N3O4. The van der Waals surface area contributed by atoms with Crippen LogP contribution < -0.4 is 0 Å². The van der Waals surface area contributed by atoms with E-state index in [-0.39, 0.29) is 5.91 Å². The monoisotopic (exact) mass is 395 g/mol. The average Bonchev–Trinajstić information content (AvgIpc) is 3.37. The van der Waals surface area contributed by atoms with Crippen molar-refractivity contribution in [1.82, 2.24) is 14.5 Å². The number of hydrogen-bond donors (Lipinski definition) is 0. The van der Waals surface area contributed by atoms with Crippen molar-refractivity contribution >= 4 is 16.9 Å². The Morgan fingerprint density at radius 2 is 1.86 bits per heavy atom. The van der Waals surface area contributed by atoms with Gasteiger partial charge in [-0.05, 0) is 17.7 Å². The second kappa shape index (κ2) is 8.73. The molecule has 29 heavy (non-hydrogen) atoms. The molecule has 0 bridgehead atoms. The van der Waals surface area contributed by atoms with E-state index in [4.69, 9.17) is 19.2 Å². The van der Waals surface area contributed by atoms with Crippen LogP contribution in [0.5, 0.6) is 0 Å². The van der Waals surface area contributed by atoms with E-state index in [2.05, 4.69) is 0 Å². The maximum Gasteiger partial charge on any atom is 0.256 e. The first-order chi connectivity index (χ1) is 14.2. The maximum atomic E-state index is 13.4. The van der Waals surface area contributed by atoms with E-state index < -0.39 is 12.4 Å². The van der Waals surface area contributed by atoms with Gasteiger partial charge < -0.3 is 23.7 Å². The highest BCUT2D eigenvalue weighted by Crippen LogP contribution is 2.23. The topological polar surface area (TPSA) is 65.8 Å². The Hall–Kier alpha value is -2.74. The van der Waals surface area contributed by atoms with Gasteiger partial charge in [0, 0.05) is 14.2 Å². The van der Waals surface area contributed by atoms with E-state index in [1.807, 2.05) is 66.2 Å². The number of carbonyl (C=O) groups is 1. The number of hydrogen-bond acceptors (Lipinski definition) is 5. The molecule has 0 saturated carbocycles. The lowest BCUT2D eigenvalue weighted by molar-refractivity contribution is -0.149. The summed E-state index contributed by atoms with van der Waals surface area (Å²) >= 11 is 0. The quantitative estimate of drug-likeness (QED) is 0.615. The van der Waals surface area contributed by atoms with Crippen molar-refractivity contribution in [2.24, 2.45) is 7.05 Å². The molecule has 0 spiro atoms. The Kier molecular flexibility index (Phi) is 5.89. The first-order valence-electron chi connectivity index (χ1n) is 9.67. The van der Waals surface area contributed by atoms with Gasteiger partial charge in [-0.2, -0.15) is 0 Å². The van der Waals surface area contributed by atoms with Crippen molar-refractivity contribution in [1.29, 1.82) is 0 Å². The van der Waals surface area contributed by atoms with Crippen molar-refractivity contribution in [2.45, 2.75) is 18.9 Å². The number of benzene rings is 2. The SMILES string of the molecule is CO[C@H](C(=O)N(Cc1nc2ccccc2n1C)CC1OCCO1)c1ccccc1. The van der Waals surface area contributed by atoms with Gasteiger partial charge in [0.25, 0.3) is 5.91 Å². The Labute approximate surface area is 169 Å². The van der Waals surface area contributed by atoms with Crippen LogP contribution in [0, 0.1) is 0 Å². The van der Waals surface area contributed by atoms with Crippen LogP contribution in [0.1, 0.15) is 17.5 Å². The van der Waals surface area contributed by atoms with Crippen LogP contribution in [0.15, 0.2) is 54.6 Å². The standard InChI is InChI=1S/C22H25N3O4/c1-24-18-11-7-6-10-17(18)23-19(24)14-25(15-20-28-12-13-29-20)22(26)21(27-2)16-8-4-3-5-9-16/h3-11,20-21H,12-15H2,1-2H3/t21-/m0/s1. The lowest BCUT2D eigenvalue weighted by atomic mass is 10.1. The third kappa shape index (κ3) is 4.17. The summed E-state index contributed by atoms with van der Waals surface area (Å²) in [5.74, 6) is 0.644. The number of carbonyl (C=O) groups excluding carboxylic acids is 1. The largest absolute Gasteiger partial charge is 0.367 e. The van der Waals surface area contributed by atoms with E-state index in [1.165, 1.54) is 0 Å². The van der Waals surface area contributed by atoms with Crippen LogP contribution in [-0.2, 0) is 32.6 Å². The van der Waals surface area contributed by atoms with Crippen LogP contribution in [0.2, 0.25) is 0 Å². The fourth-order valence-electron chi connectivity index (χ4n) is 3.61. The third-order valence-electron chi connectivity index (χ3n) is 5.15. The lowest BCUT2D eigenvalue weighted by Gasteiger charge is -2.28. The Morgan fingerprint density at radius 3 is 2.55 bits per heavy atom. The van der Waals surface area contributed by atoms with E-state index in [0.29, 0.717) is 26.3 Å². The summed E-state index contributed by atoms with van der Waals surface area (Å²) in [6.07, 6.45) is -1.14. The smallest absolute Gasteiger partial charge is 0.256 e. The average molecular weight is 395 g/mol. The van der Waals surface area contributed by atoms with Gasteiger partial charge >= 0.3 is 0 Å². The second-order valence-corrected chi connectivity index (χ2v) is 6.99. The van der Waals surface area contributed by atoms with Gasteiger partial charge in [-0.3, -0.25) is 4.79 Å². The molecule has 1 fully saturated rings. The summed E-state index contributed by atoms with van der Waals surface area (Å²) in [7, 11) is 3.51. The van der Waals surface area contributed by atoms with Crippen LogP contribution in [0.3, 0.4) is 0 Å². The molecule has 152 valence electrons. The predicted octanol–water partition coefficient (Wildman–Crippen LogP) is 2.66. The highest BCUT2D eigenvalue weighted by Gasteiger charge is 2.30. The molecule has 1 amide bonds. The molecular weight excluding hydrogens is 370 g/mol. The Balaban J connectivity index is 1.63. The summed E-state index contributed by atoms with van der Waals surface area (Å²) < 4.78 is 18.8. The minimum absolute atomic E-state index is 0.148. The predicted molar refractivity (Wildman–Crippen MR) is 108 cm³/mol. The number of nitrogens with zero attached hydrogens (tertiary/aromatic N) is 3. The van der Waals surface area contributed by atoms with E-state index in [1.54, 1.807) is 12.0 Å². The number of rotatable bonds is 7. The molecule has 2 heterocycles. The molecule has 7 nitrogen and oxygen atoms in total. The van der Waals surface area contributed by atoms with Crippen LogP contribution in [0.25, 0.3) is 11.0 Å². The zero-order valence-electron chi connectivity index (χ0n) is 16.7. The number of aromatic nitrogens is 2. The van der Waals surface area contributed by atoms with Crippen LogP contribution >= 0.6 is 0 Å². The van der Waals surface area contributed by atoms with Gasteiger partial charge in [0.2, 0.25) is 0 Å². The fraction of sp³-hybridized carbons (Fsp3) is 0.364. The third-order valence-corrected chi connectivity index (χ3v) is 5.15. The maximum absolute atomic E-state index is 13.4. The zero-order valence-corrected chi connectivity index (χ0v) is 16.7. The van der Waals surface area contributed by atoms with Gasteiger partial charge in [-0.25, -0.2) is 4.98 Å². The summed E-state index contributed by atoms with van der Waals surface area (Å²) in [4.78, 5) is 19.9. The number of imidazole rings is 1. The number of aryl methyl sites for hydroxylation is 1. The van der Waals surface area contributed by atoms with E-state index in [0.717, 1.165) is 22.4 Å². The zero-order chi connectivity index (χ0) is 20.2. The van der Waals surface area contributed by atoms with Crippen molar-refractivity contribution in [2.75, 3.05) is 26.9 Å². The van der Waals surface area contributed by atoms with Crippen molar-refractivity contribution < 1.29 is 19.0 Å². The molecule has 0 unspecified atom stereocenters. The molecule has 1 aromatic heterocycles. The second-order valence-electron chi connectivity index (χ2n) is 6.99.